The van der Waals surface area contributed by atoms with Gasteiger partial charge in [-0.05, 0) is 19.4 Å². The monoisotopic (exact) mass is 359 g/mol. The van der Waals surface area contributed by atoms with Crippen LogP contribution in [0.25, 0.3) is 0 Å². The lowest BCUT2D eigenvalue weighted by Gasteiger charge is -2.07. The maximum Gasteiger partial charge on any atom is 0.435 e. The molecule has 2 rings (SSSR count). The van der Waals surface area contributed by atoms with Crippen LogP contribution in [0.4, 0.5) is 13.2 Å². The lowest BCUT2D eigenvalue weighted by Crippen LogP contribution is -2.27. The van der Waals surface area contributed by atoms with Crippen LogP contribution in [0.5, 0.6) is 0 Å². The number of halogens is 3. The molecule has 0 aliphatic carbocycles. The zero-order valence-corrected chi connectivity index (χ0v) is 13.5. The molecule has 0 aromatic carbocycles. The number of nitrogens with zero attached hydrogens (tertiary/aromatic N) is 4. The van der Waals surface area contributed by atoms with Gasteiger partial charge >= 0.3 is 12.1 Å². The van der Waals surface area contributed by atoms with Crippen molar-refractivity contribution in [1.29, 1.82) is 0 Å². The van der Waals surface area contributed by atoms with Crippen molar-refractivity contribution in [1.82, 2.24) is 24.9 Å². The molecule has 1 amide bonds. The molecule has 2 heterocycles. The van der Waals surface area contributed by atoms with E-state index in [0.29, 0.717) is 12.1 Å². The zero-order chi connectivity index (χ0) is 18.8. The molecule has 8 nitrogen and oxygen atoms in total. The van der Waals surface area contributed by atoms with Crippen LogP contribution in [0.3, 0.4) is 0 Å². The van der Waals surface area contributed by atoms with Crippen molar-refractivity contribution in [3.8, 4) is 0 Å². The number of rotatable bonds is 6. The largest absolute Gasteiger partial charge is 0.477 e. The average molecular weight is 359 g/mol. The second kappa shape index (κ2) is 6.95. The standard InChI is InChI=1S/C14H16F3N5O3/c1-8-6-10(14(15,16)17)20-22(8)5-3-4-18-12(23)9-7-19-21(2)11(9)13(24)25/h6-7H,3-5H2,1-2H3,(H,18,23)(H,24,25). The summed E-state index contributed by atoms with van der Waals surface area (Å²) in [5.74, 6) is -1.89. The fourth-order valence-electron chi connectivity index (χ4n) is 2.26. The fourth-order valence-corrected chi connectivity index (χ4v) is 2.26. The molecule has 25 heavy (non-hydrogen) atoms. The van der Waals surface area contributed by atoms with Crippen molar-refractivity contribution >= 4 is 11.9 Å². The van der Waals surface area contributed by atoms with Crippen molar-refractivity contribution in [2.24, 2.45) is 7.05 Å². The highest BCUT2D eigenvalue weighted by atomic mass is 19.4. The molecule has 11 heteroatoms. The average Bonchev–Trinajstić information content (AvgIpc) is 3.06. The SMILES string of the molecule is Cc1cc(C(F)(F)F)nn1CCCNC(=O)c1cnn(C)c1C(=O)O. The van der Waals surface area contributed by atoms with E-state index in [2.05, 4.69) is 15.5 Å². The first-order chi connectivity index (χ1) is 11.6. The predicted molar refractivity (Wildman–Crippen MR) is 79.1 cm³/mol. The van der Waals surface area contributed by atoms with Gasteiger partial charge in [0.2, 0.25) is 0 Å². The number of amides is 1. The van der Waals surface area contributed by atoms with E-state index >= 15 is 0 Å². The first-order valence-corrected chi connectivity index (χ1v) is 7.26. The Morgan fingerprint density at radius 3 is 2.60 bits per heavy atom. The van der Waals surface area contributed by atoms with Gasteiger partial charge in [0.25, 0.3) is 5.91 Å². The molecule has 0 aliphatic heterocycles. The van der Waals surface area contributed by atoms with Gasteiger partial charge in [-0.25, -0.2) is 4.79 Å². The number of hydrogen-bond acceptors (Lipinski definition) is 4. The van der Waals surface area contributed by atoms with Crippen LogP contribution in [0, 0.1) is 6.92 Å². The summed E-state index contributed by atoms with van der Waals surface area (Å²) in [5, 5.41) is 18.8. The van der Waals surface area contributed by atoms with Crippen molar-refractivity contribution in [2.75, 3.05) is 6.54 Å². The molecule has 2 aromatic rings. The van der Waals surface area contributed by atoms with E-state index < -0.39 is 23.7 Å². The lowest BCUT2D eigenvalue weighted by molar-refractivity contribution is -0.141. The van der Waals surface area contributed by atoms with Gasteiger partial charge in [0.05, 0.1) is 11.8 Å². The Bertz CT molecular complexity index is 794. The Hall–Kier alpha value is -2.85. The molecule has 0 radical (unpaired) electrons. The maximum atomic E-state index is 12.6. The van der Waals surface area contributed by atoms with Crippen LogP contribution in [0.2, 0.25) is 0 Å². The molecule has 0 saturated heterocycles. The zero-order valence-electron chi connectivity index (χ0n) is 13.5. The van der Waals surface area contributed by atoms with Crippen LogP contribution < -0.4 is 5.32 Å². The van der Waals surface area contributed by atoms with Crippen molar-refractivity contribution in [2.45, 2.75) is 26.1 Å². The first-order valence-electron chi connectivity index (χ1n) is 7.26. The first kappa shape index (κ1) is 18.5. The summed E-state index contributed by atoms with van der Waals surface area (Å²) in [7, 11) is 1.40. The smallest absolute Gasteiger partial charge is 0.435 e. The number of alkyl halides is 3. The van der Waals surface area contributed by atoms with E-state index in [4.69, 9.17) is 5.11 Å². The molecule has 136 valence electrons. The summed E-state index contributed by atoms with van der Waals surface area (Å²) in [6, 6.07) is 0.952. The number of nitrogens with one attached hydrogen (secondary N) is 1. The van der Waals surface area contributed by atoms with Crippen molar-refractivity contribution in [3.63, 3.8) is 0 Å². The van der Waals surface area contributed by atoms with Crippen LogP contribution in [-0.2, 0) is 19.8 Å². The number of aromatic carboxylic acids is 1. The highest BCUT2D eigenvalue weighted by Crippen LogP contribution is 2.28. The number of aromatic nitrogens is 4. The number of carboxylic acids is 1. The third kappa shape index (κ3) is 4.17. The van der Waals surface area contributed by atoms with E-state index in [9.17, 15) is 22.8 Å². The van der Waals surface area contributed by atoms with Crippen LogP contribution in [0.1, 0.15) is 38.7 Å². The lowest BCUT2D eigenvalue weighted by atomic mass is 10.2. The molecule has 0 spiro atoms. The van der Waals surface area contributed by atoms with Crippen LogP contribution >= 0.6 is 0 Å². The van der Waals surface area contributed by atoms with Gasteiger partial charge in [-0.1, -0.05) is 0 Å². The van der Waals surface area contributed by atoms with E-state index in [1.807, 2.05) is 0 Å². The summed E-state index contributed by atoms with van der Waals surface area (Å²) < 4.78 is 40.0. The second-order valence-corrected chi connectivity index (χ2v) is 5.34. The maximum absolute atomic E-state index is 12.6. The Labute approximate surface area is 140 Å². The third-order valence-corrected chi connectivity index (χ3v) is 3.49. The highest BCUT2D eigenvalue weighted by molar-refractivity contribution is 6.03. The van der Waals surface area contributed by atoms with Gasteiger partial charge in [-0.15, -0.1) is 0 Å². The summed E-state index contributed by atoms with van der Waals surface area (Å²) >= 11 is 0. The van der Waals surface area contributed by atoms with Gasteiger partial charge in [0.1, 0.15) is 0 Å². The summed E-state index contributed by atoms with van der Waals surface area (Å²) in [5.41, 5.74) is -0.922. The van der Waals surface area contributed by atoms with Gasteiger partial charge in [0.15, 0.2) is 11.4 Å². The molecular formula is C14H16F3N5O3. The Balaban J connectivity index is 1.91. The van der Waals surface area contributed by atoms with Crippen LogP contribution in [0.15, 0.2) is 12.3 Å². The van der Waals surface area contributed by atoms with Gasteiger partial charge < -0.3 is 10.4 Å². The molecule has 0 bridgehead atoms. The van der Waals surface area contributed by atoms with E-state index in [0.717, 1.165) is 16.9 Å². The van der Waals surface area contributed by atoms with E-state index in [1.54, 1.807) is 0 Å². The Kier molecular flexibility index (Phi) is 5.14. The number of carboxylic acid groups (broad SMARTS) is 1. The van der Waals surface area contributed by atoms with Gasteiger partial charge in [0, 0.05) is 25.8 Å². The Morgan fingerprint density at radius 2 is 2.04 bits per heavy atom. The number of hydrogen-bond donors (Lipinski definition) is 2. The third-order valence-electron chi connectivity index (χ3n) is 3.49. The summed E-state index contributed by atoms with van der Waals surface area (Å²) in [6.45, 7) is 1.84. The molecule has 0 aliphatic rings. The number of carbonyl (C=O) groups excluding carboxylic acids is 1. The normalized spacial score (nSPS) is 11.6. The van der Waals surface area contributed by atoms with E-state index in [-0.39, 0.29) is 24.3 Å². The topological polar surface area (TPSA) is 102 Å². The summed E-state index contributed by atoms with van der Waals surface area (Å²) in [4.78, 5) is 23.1. The van der Waals surface area contributed by atoms with Crippen LogP contribution in [-0.4, -0.2) is 43.1 Å². The van der Waals surface area contributed by atoms with Crippen molar-refractivity contribution in [3.05, 3.63) is 34.9 Å². The quantitative estimate of drug-likeness (QED) is 0.761. The number of carbonyl (C=O) groups is 2. The molecule has 2 aromatic heterocycles. The van der Waals surface area contributed by atoms with Crippen molar-refractivity contribution < 1.29 is 27.9 Å². The molecule has 0 fully saturated rings. The second-order valence-electron chi connectivity index (χ2n) is 5.34. The summed E-state index contributed by atoms with van der Waals surface area (Å²) in [6.07, 6.45) is -3.03. The molecule has 0 unspecified atom stereocenters. The Morgan fingerprint density at radius 1 is 1.36 bits per heavy atom. The minimum atomic E-state index is -4.50. The van der Waals surface area contributed by atoms with Gasteiger partial charge in [-0.3, -0.25) is 14.2 Å². The van der Waals surface area contributed by atoms with Gasteiger partial charge in [-0.2, -0.15) is 23.4 Å². The fraction of sp³-hybridized carbons (Fsp3) is 0.429. The molecule has 0 atom stereocenters. The molecule has 2 N–H and O–H groups in total. The number of aryl methyl sites for hydroxylation is 3. The van der Waals surface area contributed by atoms with E-state index in [1.165, 1.54) is 18.7 Å². The minimum Gasteiger partial charge on any atom is -0.477 e. The minimum absolute atomic E-state index is 0.0790. The molecular weight excluding hydrogens is 343 g/mol. The predicted octanol–water partition coefficient (Wildman–Crippen LogP) is 1.46. The molecule has 0 saturated carbocycles. The highest BCUT2D eigenvalue weighted by Gasteiger charge is 2.34.